The van der Waals surface area contributed by atoms with E-state index in [1.807, 2.05) is 17.5 Å². The molecule has 0 saturated heterocycles. The average molecular weight is 267 g/mol. The lowest BCUT2D eigenvalue weighted by atomic mass is 10.3. The molecule has 0 radical (unpaired) electrons. The van der Waals surface area contributed by atoms with Gasteiger partial charge in [0.2, 0.25) is 0 Å². The van der Waals surface area contributed by atoms with E-state index in [1.165, 1.54) is 11.3 Å². The zero-order chi connectivity index (χ0) is 13.2. The minimum Gasteiger partial charge on any atom is -0.399 e. The van der Waals surface area contributed by atoms with Gasteiger partial charge in [0.1, 0.15) is 22.5 Å². The number of nitrogen functional groups attached to an aromatic ring is 1. The molecule has 0 atom stereocenters. The van der Waals surface area contributed by atoms with Gasteiger partial charge in [0.15, 0.2) is 0 Å². The quantitative estimate of drug-likeness (QED) is 0.723. The van der Waals surface area contributed by atoms with Crippen LogP contribution in [0.1, 0.15) is 5.69 Å². The molecule has 2 heterocycles. The zero-order valence-electron chi connectivity index (χ0n) is 9.82. The SMILES string of the molecule is N#Cc1cc(-c2nccs2)nn1-c1ccc(N)cc1. The molecule has 1 aromatic carbocycles. The van der Waals surface area contributed by atoms with Crippen molar-refractivity contribution in [2.45, 2.75) is 0 Å². The van der Waals surface area contributed by atoms with E-state index in [1.54, 1.807) is 29.1 Å². The topological polar surface area (TPSA) is 80.5 Å². The summed E-state index contributed by atoms with van der Waals surface area (Å²) in [5, 5.41) is 16.3. The van der Waals surface area contributed by atoms with Crippen LogP contribution in [0.4, 0.5) is 5.69 Å². The maximum atomic E-state index is 9.19. The molecule has 0 unspecified atom stereocenters. The van der Waals surface area contributed by atoms with Crippen LogP contribution >= 0.6 is 11.3 Å². The van der Waals surface area contributed by atoms with E-state index in [2.05, 4.69) is 16.2 Å². The van der Waals surface area contributed by atoms with Gasteiger partial charge in [-0.2, -0.15) is 10.4 Å². The summed E-state index contributed by atoms with van der Waals surface area (Å²) < 4.78 is 1.59. The molecule has 0 spiro atoms. The van der Waals surface area contributed by atoms with Crippen molar-refractivity contribution in [2.75, 3.05) is 5.73 Å². The molecule has 3 aromatic rings. The fourth-order valence-electron chi connectivity index (χ4n) is 1.73. The van der Waals surface area contributed by atoms with Gasteiger partial charge < -0.3 is 5.73 Å². The van der Waals surface area contributed by atoms with Gasteiger partial charge in [-0.15, -0.1) is 11.3 Å². The Morgan fingerprint density at radius 1 is 1.26 bits per heavy atom. The van der Waals surface area contributed by atoms with Crippen LogP contribution in [0.2, 0.25) is 0 Å². The smallest absolute Gasteiger partial charge is 0.145 e. The Kier molecular flexibility index (Phi) is 2.74. The standard InChI is InChI=1S/C13H9N5S/c14-8-11-7-12(13-16-5-6-19-13)17-18(11)10-3-1-9(15)2-4-10/h1-7H,15H2. The molecule has 0 bridgehead atoms. The van der Waals surface area contributed by atoms with Crippen LogP contribution in [-0.4, -0.2) is 14.8 Å². The van der Waals surface area contributed by atoms with Crippen LogP contribution in [0.25, 0.3) is 16.4 Å². The zero-order valence-corrected chi connectivity index (χ0v) is 10.6. The Morgan fingerprint density at radius 3 is 2.68 bits per heavy atom. The van der Waals surface area contributed by atoms with Crippen LogP contribution in [-0.2, 0) is 0 Å². The second-order valence-electron chi connectivity index (χ2n) is 3.87. The molecule has 3 rings (SSSR count). The van der Waals surface area contributed by atoms with Crippen molar-refractivity contribution < 1.29 is 0 Å². The van der Waals surface area contributed by atoms with Gasteiger partial charge >= 0.3 is 0 Å². The van der Waals surface area contributed by atoms with Crippen molar-refractivity contribution in [2.24, 2.45) is 0 Å². The molecule has 92 valence electrons. The van der Waals surface area contributed by atoms with Crippen LogP contribution < -0.4 is 5.73 Å². The Bertz CT molecular complexity index is 734. The fourth-order valence-corrected chi connectivity index (χ4v) is 2.32. The van der Waals surface area contributed by atoms with Crippen LogP contribution in [0.3, 0.4) is 0 Å². The normalized spacial score (nSPS) is 10.3. The first-order valence-electron chi connectivity index (χ1n) is 5.54. The first-order chi connectivity index (χ1) is 9.28. The molecule has 0 amide bonds. The molecule has 6 heteroatoms. The number of nitriles is 1. The van der Waals surface area contributed by atoms with Gasteiger partial charge in [0.05, 0.1) is 5.69 Å². The van der Waals surface area contributed by atoms with Crippen LogP contribution in [0, 0.1) is 11.3 Å². The molecule has 2 aromatic heterocycles. The number of hydrogen-bond donors (Lipinski definition) is 1. The summed E-state index contributed by atoms with van der Waals surface area (Å²) in [6.07, 6.45) is 1.72. The minimum absolute atomic E-state index is 0.468. The van der Waals surface area contributed by atoms with Crippen molar-refractivity contribution in [3.05, 3.63) is 47.6 Å². The molecule has 0 aliphatic heterocycles. The van der Waals surface area contributed by atoms with Crippen molar-refractivity contribution >= 4 is 17.0 Å². The summed E-state index contributed by atoms with van der Waals surface area (Å²) in [7, 11) is 0. The van der Waals surface area contributed by atoms with E-state index in [0.717, 1.165) is 10.7 Å². The maximum absolute atomic E-state index is 9.19. The second-order valence-corrected chi connectivity index (χ2v) is 4.76. The number of nitrogens with zero attached hydrogens (tertiary/aromatic N) is 4. The van der Waals surface area contributed by atoms with Gasteiger partial charge in [0, 0.05) is 23.3 Å². The molecule has 19 heavy (non-hydrogen) atoms. The molecule has 5 nitrogen and oxygen atoms in total. The van der Waals surface area contributed by atoms with Gasteiger partial charge in [-0.1, -0.05) is 0 Å². The first-order valence-corrected chi connectivity index (χ1v) is 6.42. The van der Waals surface area contributed by atoms with Gasteiger partial charge in [-0.25, -0.2) is 9.67 Å². The minimum atomic E-state index is 0.468. The van der Waals surface area contributed by atoms with E-state index < -0.39 is 0 Å². The molecule has 0 aliphatic carbocycles. The van der Waals surface area contributed by atoms with Gasteiger partial charge in [-0.05, 0) is 24.3 Å². The highest BCUT2D eigenvalue weighted by molar-refractivity contribution is 7.13. The summed E-state index contributed by atoms with van der Waals surface area (Å²) in [6.45, 7) is 0. The molecular weight excluding hydrogens is 258 g/mol. The Labute approximate surface area is 113 Å². The summed E-state index contributed by atoms with van der Waals surface area (Å²) >= 11 is 1.49. The Morgan fingerprint density at radius 2 is 2.05 bits per heavy atom. The highest BCUT2D eigenvalue weighted by atomic mass is 32.1. The number of aromatic nitrogens is 3. The number of nitrogens with two attached hydrogens (primary N) is 1. The molecule has 2 N–H and O–H groups in total. The summed E-state index contributed by atoms with van der Waals surface area (Å²) in [5.74, 6) is 0. The summed E-state index contributed by atoms with van der Waals surface area (Å²) in [6, 6.07) is 11.1. The van der Waals surface area contributed by atoms with Crippen molar-refractivity contribution in [1.82, 2.24) is 14.8 Å². The van der Waals surface area contributed by atoms with E-state index in [0.29, 0.717) is 17.1 Å². The fraction of sp³-hybridized carbons (Fsp3) is 0. The van der Waals surface area contributed by atoms with Crippen molar-refractivity contribution in [3.8, 4) is 22.5 Å². The van der Waals surface area contributed by atoms with Crippen LogP contribution in [0.15, 0.2) is 41.9 Å². The second kappa shape index (κ2) is 4.55. The Hall–Kier alpha value is -2.65. The van der Waals surface area contributed by atoms with Gasteiger partial charge in [-0.3, -0.25) is 0 Å². The van der Waals surface area contributed by atoms with E-state index >= 15 is 0 Å². The number of anilines is 1. The number of rotatable bonds is 2. The highest BCUT2D eigenvalue weighted by Crippen LogP contribution is 2.23. The number of benzene rings is 1. The molecular formula is C13H9N5S. The summed E-state index contributed by atoms with van der Waals surface area (Å²) in [5.41, 5.74) is 8.29. The third-order valence-electron chi connectivity index (χ3n) is 2.61. The lowest BCUT2D eigenvalue weighted by Crippen LogP contribution is -1.99. The number of thiazole rings is 1. The van der Waals surface area contributed by atoms with E-state index in [4.69, 9.17) is 5.73 Å². The molecule has 0 fully saturated rings. The highest BCUT2D eigenvalue weighted by Gasteiger charge is 2.12. The lowest BCUT2D eigenvalue weighted by molar-refractivity contribution is 0.869. The van der Waals surface area contributed by atoms with Gasteiger partial charge in [0.25, 0.3) is 0 Å². The Balaban J connectivity index is 2.11. The number of hydrogen-bond acceptors (Lipinski definition) is 5. The monoisotopic (exact) mass is 267 g/mol. The van der Waals surface area contributed by atoms with E-state index in [9.17, 15) is 5.26 Å². The predicted octanol–water partition coefficient (Wildman–Crippen LogP) is 2.45. The molecule has 0 saturated carbocycles. The first kappa shape index (κ1) is 11.4. The molecule has 0 aliphatic rings. The van der Waals surface area contributed by atoms with Crippen LogP contribution in [0.5, 0.6) is 0 Å². The van der Waals surface area contributed by atoms with Crippen molar-refractivity contribution in [1.29, 1.82) is 5.26 Å². The summed E-state index contributed by atoms with van der Waals surface area (Å²) in [4.78, 5) is 4.20. The van der Waals surface area contributed by atoms with Crippen molar-refractivity contribution in [3.63, 3.8) is 0 Å². The largest absolute Gasteiger partial charge is 0.399 e. The maximum Gasteiger partial charge on any atom is 0.145 e. The predicted molar refractivity (Wildman–Crippen MR) is 73.8 cm³/mol. The third kappa shape index (κ3) is 2.07. The lowest BCUT2D eigenvalue weighted by Gasteiger charge is -2.02. The average Bonchev–Trinajstić information content (AvgIpc) is 3.08. The third-order valence-corrected chi connectivity index (χ3v) is 3.41. The van der Waals surface area contributed by atoms with E-state index in [-0.39, 0.29) is 0 Å².